The summed E-state index contributed by atoms with van der Waals surface area (Å²) in [4.78, 5) is 23.3. The molecule has 30 heavy (non-hydrogen) atoms. The SMILES string of the molecule is O=C1NC(=O)/C(=C/c2ccc(C#CCn3c4ccccc4c4ccccc43)cc2)S1. The molecule has 4 nitrogen and oxygen atoms in total. The lowest BCUT2D eigenvalue weighted by Crippen LogP contribution is -2.17. The van der Waals surface area contributed by atoms with Gasteiger partial charge in [0, 0.05) is 27.4 Å². The number of rotatable bonds is 2. The normalized spacial score (nSPS) is 14.9. The molecular formula is C25H16N2O2S. The number of nitrogens with one attached hydrogen (secondary N) is 1. The minimum Gasteiger partial charge on any atom is -0.329 e. The van der Waals surface area contributed by atoms with Crippen molar-refractivity contribution < 1.29 is 9.59 Å². The summed E-state index contributed by atoms with van der Waals surface area (Å²) in [5.41, 5.74) is 4.11. The molecule has 0 aliphatic carbocycles. The Morgan fingerprint density at radius 3 is 2.10 bits per heavy atom. The summed E-state index contributed by atoms with van der Waals surface area (Å²) in [5.74, 6) is 6.15. The molecule has 1 aromatic heterocycles. The molecule has 4 aromatic rings. The highest BCUT2D eigenvalue weighted by atomic mass is 32.2. The highest BCUT2D eigenvalue weighted by Gasteiger charge is 2.24. The van der Waals surface area contributed by atoms with E-state index in [0.717, 1.165) is 22.9 Å². The quantitative estimate of drug-likeness (QED) is 0.368. The summed E-state index contributed by atoms with van der Waals surface area (Å²) in [6.45, 7) is 0.596. The van der Waals surface area contributed by atoms with E-state index in [1.54, 1.807) is 6.08 Å². The van der Waals surface area contributed by atoms with Gasteiger partial charge in [-0.3, -0.25) is 14.9 Å². The minimum atomic E-state index is -0.347. The third-order valence-electron chi connectivity index (χ3n) is 5.00. The average Bonchev–Trinajstić information content (AvgIpc) is 3.26. The summed E-state index contributed by atoms with van der Waals surface area (Å²) in [5, 5.41) is 4.39. The maximum absolute atomic E-state index is 11.7. The molecule has 1 saturated heterocycles. The first-order chi connectivity index (χ1) is 14.7. The van der Waals surface area contributed by atoms with Crippen LogP contribution in [0, 0.1) is 11.8 Å². The summed E-state index contributed by atoms with van der Waals surface area (Å²) in [7, 11) is 0. The molecule has 3 aromatic carbocycles. The Bertz CT molecular complexity index is 1350. The zero-order chi connectivity index (χ0) is 20.5. The number of hydrogen-bond donors (Lipinski definition) is 1. The van der Waals surface area contributed by atoms with Crippen molar-refractivity contribution in [1.29, 1.82) is 0 Å². The first-order valence-electron chi connectivity index (χ1n) is 9.49. The number of benzene rings is 3. The number of amides is 2. The Morgan fingerprint density at radius 1 is 0.867 bits per heavy atom. The molecule has 1 fully saturated rings. The van der Waals surface area contributed by atoms with Crippen LogP contribution in [0.5, 0.6) is 0 Å². The van der Waals surface area contributed by atoms with Crippen molar-refractivity contribution in [2.24, 2.45) is 0 Å². The molecule has 5 heteroatoms. The molecule has 0 spiro atoms. The standard InChI is InChI=1S/C25H16N2O2S/c28-24-23(30-25(29)26-24)16-18-13-11-17(12-14-18)6-5-15-27-21-9-3-1-7-19(21)20-8-2-4-10-22(20)27/h1-4,7-14,16H,15H2,(H,26,28,29)/b23-16-. The largest absolute Gasteiger partial charge is 0.329 e. The summed E-state index contributed by atoms with van der Waals surface area (Å²) < 4.78 is 2.24. The molecule has 144 valence electrons. The van der Waals surface area contributed by atoms with E-state index in [9.17, 15) is 9.59 Å². The summed E-state index contributed by atoms with van der Waals surface area (Å²) >= 11 is 0.918. The van der Waals surface area contributed by atoms with Gasteiger partial charge in [0.1, 0.15) is 0 Å². The van der Waals surface area contributed by atoms with Gasteiger partial charge in [-0.15, -0.1) is 0 Å². The van der Waals surface area contributed by atoms with E-state index >= 15 is 0 Å². The van der Waals surface area contributed by atoms with E-state index < -0.39 is 0 Å². The molecule has 1 N–H and O–H groups in total. The van der Waals surface area contributed by atoms with E-state index in [-0.39, 0.29) is 11.1 Å². The van der Waals surface area contributed by atoms with Gasteiger partial charge < -0.3 is 4.57 Å². The number of para-hydroxylation sites is 2. The zero-order valence-electron chi connectivity index (χ0n) is 15.9. The number of fused-ring (bicyclic) bond motifs is 3. The highest BCUT2D eigenvalue weighted by Crippen LogP contribution is 2.28. The second-order valence-corrected chi connectivity index (χ2v) is 7.91. The molecule has 2 amide bonds. The smallest absolute Gasteiger partial charge is 0.290 e. The second kappa shape index (κ2) is 7.58. The minimum absolute atomic E-state index is 0.334. The van der Waals surface area contributed by atoms with Crippen LogP contribution in [-0.2, 0) is 11.3 Å². The molecule has 2 heterocycles. The van der Waals surface area contributed by atoms with Crippen molar-refractivity contribution in [3.63, 3.8) is 0 Å². The van der Waals surface area contributed by atoms with Gasteiger partial charge in [0.05, 0.1) is 11.4 Å². The number of thioether (sulfide) groups is 1. The van der Waals surface area contributed by atoms with Crippen LogP contribution in [0.25, 0.3) is 27.9 Å². The van der Waals surface area contributed by atoms with Crippen molar-refractivity contribution in [1.82, 2.24) is 9.88 Å². The van der Waals surface area contributed by atoms with Gasteiger partial charge in [0.25, 0.3) is 11.1 Å². The summed E-state index contributed by atoms with van der Waals surface area (Å²) in [6.07, 6.45) is 1.71. The monoisotopic (exact) mass is 408 g/mol. The van der Waals surface area contributed by atoms with Gasteiger partial charge in [0.2, 0.25) is 0 Å². The maximum Gasteiger partial charge on any atom is 0.290 e. The summed E-state index contributed by atoms with van der Waals surface area (Å²) in [6, 6.07) is 24.4. The fourth-order valence-electron chi connectivity index (χ4n) is 3.63. The van der Waals surface area contributed by atoms with Crippen LogP contribution in [-0.4, -0.2) is 15.7 Å². The van der Waals surface area contributed by atoms with E-state index in [0.29, 0.717) is 11.4 Å². The Labute approximate surface area is 177 Å². The van der Waals surface area contributed by atoms with Crippen molar-refractivity contribution in [2.75, 3.05) is 0 Å². The first-order valence-corrected chi connectivity index (χ1v) is 10.3. The lowest BCUT2D eigenvalue weighted by Gasteiger charge is -2.02. The lowest BCUT2D eigenvalue weighted by molar-refractivity contribution is -0.115. The molecule has 1 aliphatic rings. The van der Waals surface area contributed by atoms with E-state index in [2.05, 4.69) is 70.3 Å². The predicted octanol–water partition coefficient (Wildman–Crippen LogP) is 5.17. The van der Waals surface area contributed by atoms with Crippen molar-refractivity contribution in [3.05, 3.63) is 88.8 Å². The van der Waals surface area contributed by atoms with Crippen LogP contribution in [0.4, 0.5) is 4.79 Å². The molecule has 0 unspecified atom stereocenters. The maximum atomic E-state index is 11.7. The number of imide groups is 1. The van der Waals surface area contributed by atoms with Gasteiger partial charge >= 0.3 is 0 Å². The van der Waals surface area contributed by atoms with Crippen LogP contribution in [0.3, 0.4) is 0 Å². The van der Waals surface area contributed by atoms with E-state index in [4.69, 9.17) is 0 Å². The van der Waals surface area contributed by atoms with Crippen molar-refractivity contribution in [3.8, 4) is 11.8 Å². The topological polar surface area (TPSA) is 51.1 Å². The molecule has 5 rings (SSSR count). The zero-order valence-corrected chi connectivity index (χ0v) is 16.7. The number of carbonyl (C=O) groups excluding carboxylic acids is 2. The van der Waals surface area contributed by atoms with Gasteiger partial charge in [-0.1, -0.05) is 60.4 Å². The Balaban J connectivity index is 1.40. The molecule has 1 aliphatic heterocycles. The fourth-order valence-corrected chi connectivity index (χ4v) is 4.31. The fraction of sp³-hybridized carbons (Fsp3) is 0.0400. The van der Waals surface area contributed by atoms with Crippen LogP contribution < -0.4 is 5.32 Å². The predicted molar refractivity (Wildman–Crippen MR) is 122 cm³/mol. The van der Waals surface area contributed by atoms with E-state index in [1.807, 2.05) is 24.3 Å². The van der Waals surface area contributed by atoms with Gasteiger partial charge in [-0.25, -0.2) is 0 Å². The second-order valence-electron chi connectivity index (χ2n) is 6.90. The van der Waals surface area contributed by atoms with Crippen LogP contribution in [0.1, 0.15) is 11.1 Å². The van der Waals surface area contributed by atoms with Gasteiger partial charge in [0.15, 0.2) is 0 Å². The molecular weight excluding hydrogens is 392 g/mol. The lowest BCUT2D eigenvalue weighted by atomic mass is 10.1. The third kappa shape index (κ3) is 3.38. The number of carbonyl (C=O) groups is 2. The van der Waals surface area contributed by atoms with Crippen LogP contribution >= 0.6 is 11.8 Å². The van der Waals surface area contributed by atoms with Crippen LogP contribution in [0.15, 0.2) is 77.7 Å². The van der Waals surface area contributed by atoms with Crippen molar-refractivity contribution in [2.45, 2.75) is 6.54 Å². The number of hydrogen-bond acceptors (Lipinski definition) is 3. The van der Waals surface area contributed by atoms with E-state index in [1.165, 1.54) is 21.8 Å². The number of nitrogens with zero attached hydrogens (tertiary/aromatic N) is 1. The highest BCUT2D eigenvalue weighted by molar-refractivity contribution is 8.18. The van der Waals surface area contributed by atoms with Gasteiger partial charge in [-0.05, 0) is 47.7 Å². The Hall–Kier alpha value is -3.75. The molecule has 0 atom stereocenters. The third-order valence-corrected chi connectivity index (χ3v) is 5.81. The molecule has 0 saturated carbocycles. The molecule has 0 bridgehead atoms. The average molecular weight is 408 g/mol. The van der Waals surface area contributed by atoms with Crippen molar-refractivity contribution >= 4 is 50.8 Å². The molecule has 0 radical (unpaired) electrons. The first kappa shape index (κ1) is 18.3. The Morgan fingerprint density at radius 2 is 1.50 bits per heavy atom. The van der Waals surface area contributed by atoms with Gasteiger partial charge in [-0.2, -0.15) is 0 Å². The number of aromatic nitrogens is 1. The van der Waals surface area contributed by atoms with Crippen LogP contribution in [0.2, 0.25) is 0 Å². The Kier molecular flexibility index (Phi) is 4.62.